The van der Waals surface area contributed by atoms with Crippen LogP contribution in [-0.4, -0.2) is 22.2 Å². The molecule has 0 saturated heterocycles. The summed E-state index contributed by atoms with van der Waals surface area (Å²) in [4.78, 5) is 21.8. The van der Waals surface area contributed by atoms with Crippen LogP contribution in [-0.2, 0) is 9.59 Å². The fourth-order valence-corrected chi connectivity index (χ4v) is 7.21. The fourth-order valence-electron chi connectivity index (χ4n) is 7.21. The van der Waals surface area contributed by atoms with Gasteiger partial charge < -0.3 is 10.2 Å². The standard InChI is InChI=1S/C34H64O4/c1-3-5-7-9-10-16-22-30-28-27-29(21-15-8-6-4-2)31(23-17-11-13-19-25-33(35)36)32(30)24-18-12-14-20-26-34(37)38/h29-32H,3-28H2,1-2H3,(H,35,36)(H,37,38). The van der Waals surface area contributed by atoms with Crippen LogP contribution < -0.4 is 0 Å². The second-order valence-electron chi connectivity index (χ2n) is 12.5. The molecule has 1 fully saturated rings. The number of rotatable bonds is 26. The Morgan fingerprint density at radius 3 is 1.18 bits per heavy atom. The summed E-state index contributed by atoms with van der Waals surface area (Å²) in [7, 11) is 0. The summed E-state index contributed by atoms with van der Waals surface area (Å²) in [5.74, 6) is 2.12. The quantitative estimate of drug-likeness (QED) is 0.108. The van der Waals surface area contributed by atoms with Crippen molar-refractivity contribution in [2.45, 2.75) is 181 Å². The Morgan fingerprint density at radius 2 is 0.789 bits per heavy atom. The van der Waals surface area contributed by atoms with Crippen LogP contribution in [0.15, 0.2) is 0 Å². The largest absolute Gasteiger partial charge is 0.481 e. The first-order valence-corrected chi connectivity index (χ1v) is 16.9. The Labute approximate surface area is 236 Å². The summed E-state index contributed by atoms with van der Waals surface area (Å²) in [6.07, 6.45) is 31.3. The molecule has 0 amide bonds. The minimum absolute atomic E-state index is 0.314. The molecule has 4 atom stereocenters. The van der Waals surface area contributed by atoms with Crippen LogP contribution in [0.25, 0.3) is 0 Å². The van der Waals surface area contributed by atoms with E-state index >= 15 is 0 Å². The van der Waals surface area contributed by atoms with Gasteiger partial charge in [0.1, 0.15) is 0 Å². The third-order valence-electron chi connectivity index (χ3n) is 9.38. The molecule has 0 aliphatic heterocycles. The zero-order valence-corrected chi connectivity index (χ0v) is 25.4. The van der Waals surface area contributed by atoms with E-state index in [4.69, 9.17) is 10.2 Å². The van der Waals surface area contributed by atoms with Gasteiger partial charge in [-0.2, -0.15) is 0 Å². The summed E-state index contributed by atoms with van der Waals surface area (Å²) >= 11 is 0. The van der Waals surface area contributed by atoms with Gasteiger partial charge in [0.2, 0.25) is 0 Å². The van der Waals surface area contributed by atoms with Crippen LogP contribution in [0.2, 0.25) is 0 Å². The predicted molar refractivity (Wildman–Crippen MR) is 161 cm³/mol. The van der Waals surface area contributed by atoms with Crippen molar-refractivity contribution in [2.75, 3.05) is 0 Å². The number of unbranched alkanes of at least 4 members (excludes halogenated alkanes) is 14. The topological polar surface area (TPSA) is 74.6 Å². The molecule has 0 aromatic rings. The van der Waals surface area contributed by atoms with Crippen molar-refractivity contribution in [3.05, 3.63) is 0 Å². The molecule has 1 aliphatic rings. The molecule has 0 aromatic heterocycles. The highest BCUT2D eigenvalue weighted by Crippen LogP contribution is 2.47. The number of hydrogen-bond donors (Lipinski definition) is 2. The molecule has 0 bridgehead atoms. The smallest absolute Gasteiger partial charge is 0.303 e. The molecular weight excluding hydrogens is 472 g/mol. The molecule has 0 spiro atoms. The van der Waals surface area contributed by atoms with E-state index in [9.17, 15) is 9.59 Å². The maximum Gasteiger partial charge on any atom is 0.303 e. The minimum Gasteiger partial charge on any atom is -0.481 e. The van der Waals surface area contributed by atoms with Crippen molar-refractivity contribution in [1.82, 2.24) is 0 Å². The van der Waals surface area contributed by atoms with E-state index in [1.54, 1.807) is 0 Å². The van der Waals surface area contributed by atoms with Crippen molar-refractivity contribution < 1.29 is 19.8 Å². The SMILES string of the molecule is CCCCCCCCC1CCC(CCCCCC)C(CCCCCCC(=O)O)C1CCCCCCC(=O)O. The van der Waals surface area contributed by atoms with Gasteiger partial charge in [-0.3, -0.25) is 9.59 Å². The van der Waals surface area contributed by atoms with Crippen LogP contribution in [0, 0.1) is 23.7 Å². The Balaban J connectivity index is 2.74. The fraction of sp³-hybridized carbons (Fsp3) is 0.941. The van der Waals surface area contributed by atoms with Gasteiger partial charge in [-0.05, 0) is 62.2 Å². The average molecular weight is 537 g/mol. The molecule has 1 aliphatic carbocycles. The van der Waals surface area contributed by atoms with Gasteiger partial charge in [-0.15, -0.1) is 0 Å². The molecule has 4 nitrogen and oxygen atoms in total. The molecule has 1 saturated carbocycles. The maximum atomic E-state index is 10.9. The predicted octanol–water partition coefficient (Wildman–Crippen LogP) is 10.8. The molecule has 0 heterocycles. The first-order chi connectivity index (χ1) is 18.5. The van der Waals surface area contributed by atoms with Gasteiger partial charge in [0.15, 0.2) is 0 Å². The second-order valence-corrected chi connectivity index (χ2v) is 12.5. The molecule has 2 N–H and O–H groups in total. The van der Waals surface area contributed by atoms with Crippen LogP contribution in [0.1, 0.15) is 181 Å². The van der Waals surface area contributed by atoms with E-state index in [-0.39, 0.29) is 0 Å². The number of carboxylic acids is 2. The Morgan fingerprint density at radius 1 is 0.474 bits per heavy atom. The lowest BCUT2D eigenvalue weighted by molar-refractivity contribution is -0.138. The van der Waals surface area contributed by atoms with Gasteiger partial charge in [0, 0.05) is 12.8 Å². The van der Waals surface area contributed by atoms with Crippen LogP contribution in [0.5, 0.6) is 0 Å². The molecular formula is C34H64O4. The van der Waals surface area contributed by atoms with Crippen molar-refractivity contribution in [3.63, 3.8) is 0 Å². The van der Waals surface area contributed by atoms with Crippen molar-refractivity contribution in [1.29, 1.82) is 0 Å². The van der Waals surface area contributed by atoms with Gasteiger partial charge >= 0.3 is 11.9 Å². The van der Waals surface area contributed by atoms with Crippen molar-refractivity contribution in [3.8, 4) is 0 Å². The maximum absolute atomic E-state index is 10.9. The monoisotopic (exact) mass is 536 g/mol. The van der Waals surface area contributed by atoms with E-state index in [1.165, 1.54) is 128 Å². The third-order valence-corrected chi connectivity index (χ3v) is 9.38. The van der Waals surface area contributed by atoms with Gasteiger partial charge in [0.25, 0.3) is 0 Å². The Kier molecular flexibility index (Phi) is 21.9. The second kappa shape index (κ2) is 23.8. The Bertz CT molecular complexity index is 575. The highest BCUT2D eigenvalue weighted by molar-refractivity contribution is 5.66. The van der Waals surface area contributed by atoms with E-state index in [0.717, 1.165) is 49.4 Å². The summed E-state index contributed by atoms with van der Waals surface area (Å²) < 4.78 is 0. The normalized spacial score (nSPS) is 21.5. The highest BCUT2D eigenvalue weighted by atomic mass is 16.4. The van der Waals surface area contributed by atoms with E-state index in [2.05, 4.69) is 13.8 Å². The van der Waals surface area contributed by atoms with Gasteiger partial charge in [0.05, 0.1) is 0 Å². The molecule has 1 rings (SSSR count). The van der Waals surface area contributed by atoms with Gasteiger partial charge in [-0.1, -0.05) is 129 Å². The zero-order valence-electron chi connectivity index (χ0n) is 25.4. The van der Waals surface area contributed by atoms with Crippen molar-refractivity contribution in [2.24, 2.45) is 23.7 Å². The first kappa shape index (κ1) is 35.0. The lowest BCUT2D eigenvalue weighted by Crippen LogP contribution is -2.35. The number of carbonyl (C=O) groups is 2. The minimum atomic E-state index is -0.662. The number of aliphatic carboxylic acids is 2. The third kappa shape index (κ3) is 17.5. The Hall–Kier alpha value is -1.06. The lowest BCUT2D eigenvalue weighted by atomic mass is 9.61. The zero-order chi connectivity index (χ0) is 27.8. The summed E-state index contributed by atoms with van der Waals surface area (Å²) in [5, 5.41) is 17.9. The average Bonchev–Trinajstić information content (AvgIpc) is 2.89. The molecule has 224 valence electrons. The van der Waals surface area contributed by atoms with E-state index < -0.39 is 11.9 Å². The summed E-state index contributed by atoms with van der Waals surface area (Å²) in [6.45, 7) is 4.59. The lowest BCUT2D eigenvalue weighted by Gasteiger charge is -2.44. The highest BCUT2D eigenvalue weighted by Gasteiger charge is 2.37. The molecule has 4 unspecified atom stereocenters. The van der Waals surface area contributed by atoms with Crippen molar-refractivity contribution >= 4 is 11.9 Å². The van der Waals surface area contributed by atoms with Gasteiger partial charge in [-0.25, -0.2) is 0 Å². The van der Waals surface area contributed by atoms with Crippen LogP contribution in [0.3, 0.4) is 0 Å². The van der Waals surface area contributed by atoms with Crippen LogP contribution >= 0.6 is 0 Å². The molecule has 0 aromatic carbocycles. The van der Waals surface area contributed by atoms with Crippen LogP contribution in [0.4, 0.5) is 0 Å². The number of carboxylic acid groups (broad SMARTS) is 2. The van der Waals surface area contributed by atoms with E-state index in [0.29, 0.717) is 12.8 Å². The number of hydrogen-bond acceptors (Lipinski definition) is 2. The molecule has 38 heavy (non-hydrogen) atoms. The molecule has 4 heteroatoms. The van der Waals surface area contributed by atoms with E-state index in [1.807, 2.05) is 0 Å². The summed E-state index contributed by atoms with van der Waals surface area (Å²) in [5.41, 5.74) is 0. The first-order valence-electron chi connectivity index (χ1n) is 16.9. The molecule has 0 radical (unpaired) electrons. The summed E-state index contributed by atoms with van der Waals surface area (Å²) in [6, 6.07) is 0.